The van der Waals surface area contributed by atoms with Crippen LogP contribution in [-0.2, 0) is 16.2 Å². The summed E-state index contributed by atoms with van der Waals surface area (Å²) in [6, 6.07) is 14.3. The molecule has 3 aromatic rings. The van der Waals surface area contributed by atoms with Crippen molar-refractivity contribution in [2.45, 2.75) is 18.0 Å². The average Bonchev–Trinajstić information content (AvgIpc) is 2.67. The smallest absolute Gasteiger partial charge is 0.322 e. The lowest BCUT2D eigenvalue weighted by Gasteiger charge is -2.14. The summed E-state index contributed by atoms with van der Waals surface area (Å²) in [4.78, 5) is 12.2. The normalized spacial score (nSPS) is 11.8. The van der Waals surface area contributed by atoms with Crippen LogP contribution in [0, 0.1) is 6.92 Å². The van der Waals surface area contributed by atoms with E-state index in [2.05, 4.69) is 10.0 Å². The van der Waals surface area contributed by atoms with E-state index < -0.39 is 27.7 Å². The number of carbonyl (C=O) groups excluding carboxylic acids is 1. The van der Waals surface area contributed by atoms with Crippen LogP contribution in [0.3, 0.4) is 0 Å². The Morgan fingerprint density at radius 2 is 1.65 bits per heavy atom. The van der Waals surface area contributed by atoms with Crippen molar-refractivity contribution in [1.82, 2.24) is 0 Å². The molecular formula is C21H16ClF3N2O3S. The van der Waals surface area contributed by atoms with Crippen molar-refractivity contribution in [1.29, 1.82) is 0 Å². The van der Waals surface area contributed by atoms with Crippen molar-refractivity contribution in [3.63, 3.8) is 0 Å². The van der Waals surface area contributed by atoms with Gasteiger partial charge in [-0.05, 0) is 67.1 Å². The minimum absolute atomic E-state index is 0.134. The number of aryl methyl sites for hydroxylation is 1. The monoisotopic (exact) mass is 468 g/mol. The fourth-order valence-corrected chi connectivity index (χ4v) is 4.30. The first-order chi connectivity index (χ1) is 14.5. The van der Waals surface area contributed by atoms with Crippen LogP contribution in [0.5, 0.6) is 0 Å². The zero-order chi connectivity index (χ0) is 22.8. The maximum absolute atomic E-state index is 12.9. The molecule has 0 unspecified atom stereocenters. The third-order valence-corrected chi connectivity index (χ3v) is 6.03. The van der Waals surface area contributed by atoms with Crippen molar-refractivity contribution in [2.75, 3.05) is 10.0 Å². The molecular weight excluding hydrogens is 453 g/mol. The van der Waals surface area contributed by atoms with Gasteiger partial charge in [0, 0.05) is 22.0 Å². The van der Waals surface area contributed by atoms with E-state index in [0.717, 1.165) is 12.1 Å². The molecule has 0 spiro atoms. The van der Waals surface area contributed by atoms with Crippen LogP contribution >= 0.6 is 11.6 Å². The van der Waals surface area contributed by atoms with Crippen LogP contribution in [0.2, 0.25) is 5.02 Å². The molecule has 0 aliphatic carbocycles. The number of halogens is 4. The molecule has 31 heavy (non-hydrogen) atoms. The molecule has 162 valence electrons. The summed E-state index contributed by atoms with van der Waals surface area (Å²) in [6.07, 6.45) is -4.60. The van der Waals surface area contributed by atoms with E-state index >= 15 is 0 Å². The molecule has 0 saturated carbocycles. The van der Waals surface area contributed by atoms with Crippen molar-refractivity contribution in [3.8, 4) is 0 Å². The molecule has 0 heterocycles. The number of rotatable bonds is 5. The Labute approximate surface area is 181 Å². The zero-order valence-electron chi connectivity index (χ0n) is 16.0. The number of alkyl halides is 3. The number of amides is 1. The zero-order valence-corrected chi connectivity index (χ0v) is 17.6. The fraction of sp³-hybridized carbons (Fsp3) is 0.0952. The van der Waals surface area contributed by atoms with Crippen LogP contribution < -0.4 is 10.0 Å². The fourth-order valence-electron chi connectivity index (χ4n) is 2.83. The summed E-state index contributed by atoms with van der Waals surface area (Å²) in [5, 5.41) is 3.04. The van der Waals surface area contributed by atoms with E-state index in [-0.39, 0.29) is 10.6 Å². The molecule has 0 bridgehead atoms. The van der Waals surface area contributed by atoms with E-state index in [1.165, 1.54) is 37.3 Å². The number of nitrogens with one attached hydrogen (secondary N) is 2. The van der Waals surface area contributed by atoms with Crippen LogP contribution in [0.15, 0.2) is 71.6 Å². The molecule has 1 amide bonds. The molecule has 10 heteroatoms. The van der Waals surface area contributed by atoms with Gasteiger partial charge in [0.2, 0.25) is 0 Å². The lowest BCUT2D eigenvalue weighted by atomic mass is 10.2. The number of hydrogen-bond donors (Lipinski definition) is 2. The highest BCUT2D eigenvalue weighted by Gasteiger charge is 2.30. The van der Waals surface area contributed by atoms with E-state index in [0.29, 0.717) is 27.9 Å². The Morgan fingerprint density at radius 1 is 0.935 bits per heavy atom. The minimum atomic E-state index is -4.60. The van der Waals surface area contributed by atoms with Gasteiger partial charge in [0.25, 0.3) is 15.9 Å². The highest BCUT2D eigenvalue weighted by molar-refractivity contribution is 7.92. The summed E-state index contributed by atoms with van der Waals surface area (Å²) in [5.74, 6) is -0.431. The predicted octanol–water partition coefficient (Wildman–Crippen LogP) is 5.72. The van der Waals surface area contributed by atoms with Crippen LogP contribution in [-0.4, -0.2) is 14.3 Å². The SMILES string of the molecule is Cc1cc(NC(=O)c2cccc(Cl)c2)ccc1S(=O)(=O)Nc1cccc(C(F)(F)F)c1. The van der Waals surface area contributed by atoms with Gasteiger partial charge < -0.3 is 5.32 Å². The highest BCUT2D eigenvalue weighted by Crippen LogP contribution is 2.31. The Kier molecular flexibility index (Phi) is 6.28. The van der Waals surface area contributed by atoms with Gasteiger partial charge >= 0.3 is 6.18 Å². The minimum Gasteiger partial charge on any atom is -0.322 e. The first-order valence-electron chi connectivity index (χ1n) is 8.83. The molecule has 5 nitrogen and oxygen atoms in total. The predicted molar refractivity (Wildman–Crippen MR) is 113 cm³/mol. The topological polar surface area (TPSA) is 75.3 Å². The highest BCUT2D eigenvalue weighted by atomic mass is 35.5. The Balaban J connectivity index is 1.81. The molecule has 0 atom stereocenters. The summed E-state index contributed by atoms with van der Waals surface area (Å²) in [5.41, 5.74) is -0.215. The number of anilines is 2. The van der Waals surface area contributed by atoms with Gasteiger partial charge in [0.15, 0.2) is 0 Å². The van der Waals surface area contributed by atoms with Gasteiger partial charge in [0.05, 0.1) is 10.5 Å². The largest absolute Gasteiger partial charge is 0.416 e. The molecule has 0 saturated heterocycles. The van der Waals surface area contributed by atoms with Crippen molar-refractivity contribution in [2.24, 2.45) is 0 Å². The molecule has 0 aliphatic heterocycles. The third-order valence-electron chi connectivity index (χ3n) is 4.25. The van der Waals surface area contributed by atoms with E-state index in [1.807, 2.05) is 0 Å². The first-order valence-corrected chi connectivity index (χ1v) is 10.7. The van der Waals surface area contributed by atoms with Crippen molar-refractivity contribution in [3.05, 3.63) is 88.4 Å². The Bertz CT molecular complexity index is 1240. The summed E-state index contributed by atoms with van der Waals surface area (Å²) >= 11 is 5.87. The second-order valence-corrected chi connectivity index (χ2v) is 8.72. The van der Waals surface area contributed by atoms with E-state index in [1.54, 1.807) is 18.2 Å². The molecule has 0 aromatic heterocycles. The van der Waals surface area contributed by atoms with Gasteiger partial charge in [-0.3, -0.25) is 9.52 Å². The lowest BCUT2D eigenvalue weighted by Crippen LogP contribution is -2.16. The van der Waals surface area contributed by atoms with Gasteiger partial charge in [-0.1, -0.05) is 23.7 Å². The van der Waals surface area contributed by atoms with Gasteiger partial charge in [0.1, 0.15) is 0 Å². The van der Waals surface area contributed by atoms with Crippen LogP contribution in [0.25, 0.3) is 0 Å². The Morgan fingerprint density at radius 3 is 2.29 bits per heavy atom. The summed E-state index contributed by atoms with van der Waals surface area (Å²) in [6.45, 7) is 1.51. The quantitative estimate of drug-likeness (QED) is 0.503. The van der Waals surface area contributed by atoms with Gasteiger partial charge in [-0.2, -0.15) is 13.2 Å². The molecule has 0 fully saturated rings. The van der Waals surface area contributed by atoms with E-state index in [4.69, 9.17) is 11.6 Å². The Hall–Kier alpha value is -3.04. The van der Waals surface area contributed by atoms with Gasteiger partial charge in [-0.15, -0.1) is 0 Å². The molecule has 3 aromatic carbocycles. The standard InChI is InChI=1S/C21H16ClF3N2O3S/c1-13-10-17(26-20(28)14-4-2-6-16(22)11-14)8-9-19(13)31(29,30)27-18-7-3-5-15(12-18)21(23,24)25/h2-12,27H,1H3,(H,26,28). The molecule has 3 rings (SSSR count). The first kappa shape index (κ1) is 22.6. The lowest BCUT2D eigenvalue weighted by molar-refractivity contribution is -0.137. The molecule has 0 aliphatic rings. The van der Waals surface area contributed by atoms with Crippen molar-refractivity contribution >= 4 is 38.9 Å². The van der Waals surface area contributed by atoms with Crippen LogP contribution in [0.1, 0.15) is 21.5 Å². The average molecular weight is 469 g/mol. The third kappa shape index (κ3) is 5.56. The maximum Gasteiger partial charge on any atom is 0.416 e. The number of hydrogen-bond acceptors (Lipinski definition) is 3. The number of carbonyl (C=O) groups is 1. The number of sulfonamides is 1. The van der Waals surface area contributed by atoms with Gasteiger partial charge in [-0.25, -0.2) is 8.42 Å². The molecule has 2 N–H and O–H groups in total. The second-order valence-electron chi connectivity index (χ2n) is 6.63. The van der Waals surface area contributed by atoms with Crippen molar-refractivity contribution < 1.29 is 26.4 Å². The number of benzene rings is 3. The van der Waals surface area contributed by atoms with E-state index in [9.17, 15) is 26.4 Å². The maximum atomic E-state index is 12.9. The molecule has 0 radical (unpaired) electrons. The second kappa shape index (κ2) is 8.60. The summed E-state index contributed by atoms with van der Waals surface area (Å²) < 4.78 is 66.1. The summed E-state index contributed by atoms with van der Waals surface area (Å²) in [7, 11) is -4.16. The van der Waals surface area contributed by atoms with Crippen LogP contribution in [0.4, 0.5) is 24.5 Å².